The molecule has 0 atom stereocenters. The van der Waals surface area contributed by atoms with Gasteiger partial charge in [0.15, 0.2) is 12.4 Å². The van der Waals surface area contributed by atoms with Crippen molar-refractivity contribution in [3.8, 4) is 5.75 Å². The average Bonchev–Trinajstić information content (AvgIpc) is 2.47. The number of rotatable bonds is 4. The van der Waals surface area contributed by atoms with E-state index in [4.69, 9.17) is 4.74 Å². The van der Waals surface area contributed by atoms with E-state index in [9.17, 15) is 19.1 Å². The van der Waals surface area contributed by atoms with Crippen molar-refractivity contribution < 1.29 is 23.8 Å². The SMILES string of the molecule is O=C(COC(=O)c1cc(Br)ccc1O)c1cccc(F)c1. The van der Waals surface area contributed by atoms with Crippen molar-refractivity contribution in [2.24, 2.45) is 0 Å². The number of hydrogen-bond acceptors (Lipinski definition) is 4. The smallest absolute Gasteiger partial charge is 0.342 e. The quantitative estimate of drug-likeness (QED) is 0.677. The van der Waals surface area contributed by atoms with Gasteiger partial charge >= 0.3 is 5.97 Å². The number of carbonyl (C=O) groups is 2. The highest BCUT2D eigenvalue weighted by atomic mass is 79.9. The first-order valence-corrected chi connectivity index (χ1v) is 6.71. The standard InChI is InChI=1S/C15H10BrFO4/c16-10-4-5-13(18)12(7-10)15(20)21-8-14(19)9-2-1-3-11(17)6-9/h1-7,18H,8H2. The van der Waals surface area contributed by atoms with Gasteiger partial charge in [-0.1, -0.05) is 28.1 Å². The number of phenolic OH excluding ortho intramolecular Hbond substituents is 1. The Morgan fingerprint density at radius 3 is 2.67 bits per heavy atom. The van der Waals surface area contributed by atoms with Crippen molar-refractivity contribution in [1.29, 1.82) is 0 Å². The maximum absolute atomic E-state index is 13.0. The van der Waals surface area contributed by atoms with Gasteiger partial charge in [0.2, 0.25) is 0 Å². The fourth-order valence-electron chi connectivity index (χ4n) is 1.63. The Labute approximate surface area is 128 Å². The van der Waals surface area contributed by atoms with Gasteiger partial charge in [0.25, 0.3) is 0 Å². The van der Waals surface area contributed by atoms with Gasteiger partial charge in [-0.05, 0) is 30.3 Å². The molecular formula is C15H10BrFO4. The van der Waals surface area contributed by atoms with E-state index >= 15 is 0 Å². The summed E-state index contributed by atoms with van der Waals surface area (Å²) in [5.74, 6) is -2.16. The van der Waals surface area contributed by atoms with E-state index in [2.05, 4.69) is 15.9 Å². The van der Waals surface area contributed by atoms with Crippen LogP contribution in [0.5, 0.6) is 5.75 Å². The molecule has 1 N–H and O–H groups in total. The van der Waals surface area contributed by atoms with Gasteiger partial charge < -0.3 is 9.84 Å². The molecule has 0 aromatic heterocycles. The molecule has 0 unspecified atom stereocenters. The van der Waals surface area contributed by atoms with Crippen LogP contribution in [0.4, 0.5) is 4.39 Å². The highest BCUT2D eigenvalue weighted by Crippen LogP contribution is 2.22. The molecule has 0 amide bonds. The predicted octanol–water partition coefficient (Wildman–Crippen LogP) is 3.33. The summed E-state index contributed by atoms with van der Waals surface area (Å²) >= 11 is 3.16. The van der Waals surface area contributed by atoms with Gasteiger partial charge in [-0.25, -0.2) is 9.18 Å². The zero-order valence-electron chi connectivity index (χ0n) is 10.7. The van der Waals surface area contributed by atoms with Crippen LogP contribution in [-0.4, -0.2) is 23.5 Å². The van der Waals surface area contributed by atoms with Gasteiger partial charge in [-0.3, -0.25) is 4.79 Å². The number of benzene rings is 2. The Morgan fingerprint density at radius 2 is 1.95 bits per heavy atom. The molecule has 0 heterocycles. The van der Waals surface area contributed by atoms with Crippen LogP contribution < -0.4 is 0 Å². The third kappa shape index (κ3) is 3.88. The highest BCUT2D eigenvalue weighted by Gasteiger charge is 2.15. The molecular weight excluding hydrogens is 343 g/mol. The van der Waals surface area contributed by atoms with Crippen molar-refractivity contribution in [3.05, 3.63) is 63.9 Å². The van der Waals surface area contributed by atoms with Gasteiger partial charge in [0, 0.05) is 10.0 Å². The van der Waals surface area contributed by atoms with E-state index in [1.165, 1.54) is 30.3 Å². The van der Waals surface area contributed by atoms with Gasteiger partial charge in [0.1, 0.15) is 17.1 Å². The summed E-state index contributed by atoms with van der Waals surface area (Å²) in [7, 11) is 0. The van der Waals surface area contributed by atoms with Crippen LogP contribution in [0.25, 0.3) is 0 Å². The van der Waals surface area contributed by atoms with Crippen molar-refractivity contribution in [2.75, 3.05) is 6.61 Å². The van der Waals surface area contributed by atoms with Crippen LogP contribution in [0, 0.1) is 5.82 Å². The van der Waals surface area contributed by atoms with Crippen molar-refractivity contribution >= 4 is 27.7 Å². The highest BCUT2D eigenvalue weighted by molar-refractivity contribution is 9.10. The molecule has 0 fully saturated rings. The van der Waals surface area contributed by atoms with Crippen LogP contribution in [0.1, 0.15) is 20.7 Å². The number of hydrogen-bond donors (Lipinski definition) is 1. The molecule has 6 heteroatoms. The molecule has 2 aromatic rings. The lowest BCUT2D eigenvalue weighted by molar-refractivity contribution is 0.0471. The average molecular weight is 353 g/mol. The Bertz CT molecular complexity index is 700. The monoisotopic (exact) mass is 352 g/mol. The fourth-order valence-corrected chi connectivity index (χ4v) is 1.99. The number of carbonyl (C=O) groups excluding carboxylic acids is 2. The van der Waals surface area contributed by atoms with E-state index in [-0.39, 0.29) is 16.9 Å². The summed E-state index contributed by atoms with van der Waals surface area (Å²) in [6, 6.07) is 9.36. The molecule has 4 nitrogen and oxygen atoms in total. The third-order valence-electron chi connectivity index (χ3n) is 2.66. The Balaban J connectivity index is 2.04. The molecule has 108 valence electrons. The lowest BCUT2D eigenvalue weighted by Gasteiger charge is -2.06. The summed E-state index contributed by atoms with van der Waals surface area (Å²) in [6.07, 6.45) is 0. The minimum Gasteiger partial charge on any atom is -0.507 e. The topological polar surface area (TPSA) is 63.6 Å². The number of halogens is 2. The summed E-state index contributed by atoms with van der Waals surface area (Å²) in [6.45, 7) is -0.533. The van der Waals surface area contributed by atoms with Gasteiger partial charge in [-0.15, -0.1) is 0 Å². The molecule has 0 spiro atoms. The molecule has 0 aliphatic carbocycles. The molecule has 0 aliphatic rings. The van der Waals surface area contributed by atoms with Crippen LogP contribution in [-0.2, 0) is 4.74 Å². The molecule has 0 saturated carbocycles. The molecule has 2 aromatic carbocycles. The molecule has 0 saturated heterocycles. The summed E-state index contributed by atoms with van der Waals surface area (Å²) in [5.41, 5.74) is 0.0534. The molecule has 2 rings (SSSR count). The van der Waals surface area contributed by atoms with Crippen LogP contribution in [0.2, 0.25) is 0 Å². The van der Waals surface area contributed by atoms with E-state index in [0.29, 0.717) is 4.47 Å². The molecule has 21 heavy (non-hydrogen) atoms. The zero-order valence-corrected chi connectivity index (χ0v) is 12.3. The minimum atomic E-state index is -0.835. The Morgan fingerprint density at radius 1 is 1.19 bits per heavy atom. The van der Waals surface area contributed by atoms with Gasteiger partial charge in [0.05, 0.1) is 0 Å². The summed E-state index contributed by atoms with van der Waals surface area (Å²) < 4.78 is 18.4. The second kappa shape index (κ2) is 6.49. The fraction of sp³-hybridized carbons (Fsp3) is 0.0667. The first kappa shape index (κ1) is 15.2. The number of aromatic hydroxyl groups is 1. The Hall–Kier alpha value is -2.21. The second-order valence-corrected chi connectivity index (χ2v) is 5.09. The maximum atomic E-state index is 13.0. The lowest BCUT2D eigenvalue weighted by Crippen LogP contribution is -2.14. The number of ether oxygens (including phenoxy) is 1. The lowest BCUT2D eigenvalue weighted by atomic mass is 10.1. The zero-order chi connectivity index (χ0) is 15.4. The largest absolute Gasteiger partial charge is 0.507 e. The van der Waals surface area contributed by atoms with Crippen molar-refractivity contribution in [1.82, 2.24) is 0 Å². The third-order valence-corrected chi connectivity index (χ3v) is 3.15. The maximum Gasteiger partial charge on any atom is 0.342 e. The molecule has 0 aliphatic heterocycles. The van der Waals surface area contributed by atoms with E-state index in [1.807, 2.05) is 0 Å². The second-order valence-electron chi connectivity index (χ2n) is 4.17. The normalized spacial score (nSPS) is 10.2. The molecule has 0 bridgehead atoms. The summed E-state index contributed by atoms with van der Waals surface area (Å²) in [5, 5.41) is 9.57. The van der Waals surface area contributed by atoms with E-state index in [0.717, 1.165) is 6.07 Å². The number of phenols is 1. The van der Waals surface area contributed by atoms with Gasteiger partial charge in [-0.2, -0.15) is 0 Å². The minimum absolute atomic E-state index is 0.0589. The molecule has 0 radical (unpaired) electrons. The summed E-state index contributed by atoms with van der Waals surface area (Å²) in [4.78, 5) is 23.6. The van der Waals surface area contributed by atoms with Crippen LogP contribution in [0.15, 0.2) is 46.9 Å². The first-order valence-electron chi connectivity index (χ1n) is 5.92. The number of ketones is 1. The first-order chi connectivity index (χ1) is 9.97. The Kier molecular flexibility index (Phi) is 4.70. The van der Waals surface area contributed by atoms with Crippen molar-refractivity contribution in [3.63, 3.8) is 0 Å². The number of Topliss-reactive ketones (excluding diaryl/α,β-unsaturated/α-hetero) is 1. The van der Waals surface area contributed by atoms with E-state index in [1.54, 1.807) is 6.07 Å². The van der Waals surface area contributed by atoms with Crippen LogP contribution >= 0.6 is 15.9 Å². The van der Waals surface area contributed by atoms with E-state index < -0.39 is 24.2 Å². The van der Waals surface area contributed by atoms with Crippen molar-refractivity contribution in [2.45, 2.75) is 0 Å². The van der Waals surface area contributed by atoms with Crippen LogP contribution in [0.3, 0.4) is 0 Å². The number of esters is 1. The predicted molar refractivity (Wildman–Crippen MR) is 76.8 cm³/mol.